The number of ether oxygens (including phenoxy) is 4. The number of carbonyl (C=O) groups is 4. The molecule has 3 amide bonds. The van der Waals surface area contributed by atoms with Crippen molar-refractivity contribution in [3.63, 3.8) is 0 Å². The number of aromatic nitrogens is 1. The fourth-order valence-corrected chi connectivity index (χ4v) is 2.90. The minimum absolute atomic E-state index is 0.107. The first-order valence-corrected chi connectivity index (χ1v) is 12.0. The zero-order valence-electron chi connectivity index (χ0n) is 23.3. The van der Waals surface area contributed by atoms with Gasteiger partial charge in [0.15, 0.2) is 5.78 Å². The minimum Gasteiger partial charge on any atom is -0.479 e. The minimum atomic E-state index is -1.09. The number of Topliss-reactive ketones (excluding diaryl/α,β-unsaturated/α-hetero) is 1. The Balaban J connectivity index is 0.00000241. The zero-order chi connectivity index (χ0) is 28.6. The van der Waals surface area contributed by atoms with Crippen molar-refractivity contribution in [3.8, 4) is 5.88 Å². The molecule has 0 unspecified atom stereocenters. The van der Waals surface area contributed by atoms with E-state index in [4.69, 9.17) is 18.7 Å². The Labute approximate surface area is 218 Å². The fraction of sp³-hybridized carbons (Fsp3) is 0.708. The van der Waals surface area contributed by atoms with E-state index in [0.29, 0.717) is 13.0 Å². The summed E-state index contributed by atoms with van der Waals surface area (Å²) in [6.45, 7) is 9.35. The topological polar surface area (TPSA) is 171 Å². The van der Waals surface area contributed by atoms with E-state index in [1.165, 1.54) is 20.3 Å². The lowest BCUT2D eigenvalue weighted by Crippen LogP contribution is -2.53. The lowest BCUT2D eigenvalue weighted by molar-refractivity contribution is -0.131. The monoisotopic (exact) mass is 530 g/mol. The lowest BCUT2D eigenvalue weighted by Gasteiger charge is -2.22. The highest BCUT2D eigenvalue weighted by molar-refractivity contribution is 5.98. The number of epoxide rings is 1. The summed E-state index contributed by atoms with van der Waals surface area (Å²) in [6, 6.07) is -0.549. The second kappa shape index (κ2) is 17.4. The van der Waals surface area contributed by atoms with E-state index >= 15 is 0 Å². The van der Waals surface area contributed by atoms with Crippen LogP contribution in [0.15, 0.2) is 10.6 Å². The average molecular weight is 531 g/mol. The molecule has 1 saturated heterocycles. The number of hydrogen-bond donors (Lipinski definition) is 3. The maximum absolute atomic E-state index is 12.6. The van der Waals surface area contributed by atoms with E-state index in [2.05, 4.69) is 25.8 Å². The van der Waals surface area contributed by atoms with E-state index in [1.807, 2.05) is 27.7 Å². The van der Waals surface area contributed by atoms with Gasteiger partial charge in [0, 0.05) is 21.3 Å². The SMILES string of the molecule is CC.COC.COC[C@H](NC(=O)c1cc(OC)no1)C(=O)NCC(=O)N[C@@H](CC(C)C)C(=O)[C@@]1(C)CO1. The van der Waals surface area contributed by atoms with Gasteiger partial charge < -0.3 is 39.4 Å². The third-order valence-electron chi connectivity index (χ3n) is 4.76. The van der Waals surface area contributed by atoms with E-state index in [0.717, 1.165) is 0 Å². The maximum Gasteiger partial charge on any atom is 0.290 e. The largest absolute Gasteiger partial charge is 0.479 e. The summed E-state index contributed by atoms with van der Waals surface area (Å²) in [7, 11) is 5.97. The highest BCUT2D eigenvalue weighted by atomic mass is 16.6. The summed E-state index contributed by atoms with van der Waals surface area (Å²) in [5, 5.41) is 11.0. The van der Waals surface area contributed by atoms with Crippen LogP contribution in [-0.2, 0) is 28.6 Å². The van der Waals surface area contributed by atoms with Crippen LogP contribution in [0, 0.1) is 5.92 Å². The number of hydrogen-bond acceptors (Lipinski definition) is 10. The molecule has 0 saturated carbocycles. The van der Waals surface area contributed by atoms with Gasteiger partial charge in [-0.3, -0.25) is 19.2 Å². The number of nitrogens with zero attached hydrogens (tertiary/aromatic N) is 1. The van der Waals surface area contributed by atoms with Crippen LogP contribution in [0.25, 0.3) is 0 Å². The van der Waals surface area contributed by atoms with Crippen molar-refractivity contribution < 1.29 is 42.6 Å². The van der Waals surface area contributed by atoms with Crippen molar-refractivity contribution in [3.05, 3.63) is 11.8 Å². The van der Waals surface area contributed by atoms with Crippen molar-refractivity contribution in [2.45, 2.75) is 58.7 Å². The summed E-state index contributed by atoms with van der Waals surface area (Å²) in [5.41, 5.74) is -0.868. The highest BCUT2D eigenvalue weighted by Gasteiger charge is 2.50. The van der Waals surface area contributed by atoms with Gasteiger partial charge in [0.1, 0.15) is 11.6 Å². The number of rotatable bonds is 13. The molecular weight excluding hydrogens is 488 g/mol. The molecule has 212 valence electrons. The van der Waals surface area contributed by atoms with Crippen molar-refractivity contribution in [2.75, 3.05) is 48.2 Å². The zero-order valence-corrected chi connectivity index (χ0v) is 23.3. The standard InChI is InChI=1S/C20H30N4O8.C2H6O.C2H6/c1-11(2)6-12(17(26)20(3)10-31-20)22-15(25)8-21-18(27)13(9-29-4)23-19(28)14-7-16(30-5)24-32-14;1-3-2;1-2/h7,11-13H,6,8-10H2,1-5H3,(H,21,27)(H,22,25)(H,23,28);1-2H3;1-2H3/t12-,13-,20+;;/m0../s1. The second-order valence-electron chi connectivity index (χ2n) is 8.47. The molecule has 1 aliphatic rings. The lowest BCUT2D eigenvalue weighted by atomic mass is 9.93. The predicted octanol–water partition coefficient (Wildman–Crippen LogP) is 0.722. The molecule has 0 bridgehead atoms. The van der Waals surface area contributed by atoms with Crippen molar-refractivity contribution in [1.82, 2.24) is 21.1 Å². The molecule has 13 heteroatoms. The third kappa shape index (κ3) is 12.2. The van der Waals surface area contributed by atoms with Crippen LogP contribution in [0.4, 0.5) is 0 Å². The van der Waals surface area contributed by atoms with Gasteiger partial charge in [0.05, 0.1) is 39.0 Å². The van der Waals surface area contributed by atoms with Crippen LogP contribution in [-0.4, -0.2) is 94.5 Å². The fourth-order valence-electron chi connectivity index (χ4n) is 2.90. The quantitative estimate of drug-likeness (QED) is 0.309. The Kier molecular flexibility index (Phi) is 16.0. The normalized spacial score (nSPS) is 17.1. The van der Waals surface area contributed by atoms with Crippen LogP contribution in [0.3, 0.4) is 0 Å². The molecule has 37 heavy (non-hydrogen) atoms. The van der Waals surface area contributed by atoms with Crippen LogP contribution >= 0.6 is 0 Å². The maximum atomic E-state index is 12.6. The molecule has 3 N–H and O–H groups in total. The van der Waals surface area contributed by atoms with Crippen LogP contribution in [0.1, 0.15) is 51.6 Å². The second-order valence-corrected chi connectivity index (χ2v) is 8.47. The van der Waals surface area contributed by atoms with Gasteiger partial charge in [0.2, 0.25) is 17.6 Å². The molecule has 13 nitrogen and oxygen atoms in total. The van der Waals surface area contributed by atoms with Gasteiger partial charge in [-0.2, -0.15) is 0 Å². The number of methoxy groups -OCH3 is 3. The van der Waals surface area contributed by atoms with E-state index in [9.17, 15) is 19.2 Å². The molecule has 1 aliphatic heterocycles. The molecule has 0 aliphatic carbocycles. The summed E-state index contributed by atoms with van der Waals surface area (Å²) in [6.07, 6.45) is 0.445. The summed E-state index contributed by atoms with van der Waals surface area (Å²) >= 11 is 0. The first kappa shape index (κ1) is 34.0. The summed E-state index contributed by atoms with van der Waals surface area (Å²) < 4.78 is 24.1. The van der Waals surface area contributed by atoms with Gasteiger partial charge in [0.25, 0.3) is 11.8 Å². The molecule has 1 aromatic rings. The van der Waals surface area contributed by atoms with Gasteiger partial charge >= 0.3 is 0 Å². The number of carbonyl (C=O) groups excluding carboxylic acids is 4. The average Bonchev–Trinajstić information content (AvgIpc) is 3.42. The molecule has 1 fully saturated rings. The Morgan fingerprint density at radius 3 is 2.14 bits per heavy atom. The first-order chi connectivity index (χ1) is 17.5. The molecule has 0 spiro atoms. The molecule has 1 aromatic heterocycles. The Hall–Kier alpha value is -3.03. The number of nitrogens with one attached hydrogen (secondary N) is 3. The Morgan fingerprint density at radius 2 is 1.68 bits per heavy atom. The Morgan fingerprint density at radius 1 is 1.08 bits per heavy atom. The molecule has 0 radical (unpaired) electrons. The molecule has 3 atom stereocenters. The van der Waals surface area contributed by atoms with Crippen LogP contribution in [0.5, 0.6) is 5.88 Å². The first-order valence-electron chi connectivity index (χ1n) is 12.0. The number of amides is 3. The smallest absolute Gasteiger partial charge is 0.290 e. The van der Waals surface area contributed by atoms with Crippen LogP contribution < -0.4 is 20.7 Å². The molecular formula is C24H42N4O9. The summed E-state index contributed by atoms with van der Waals surface area (Å²) in [5.74, 6) is -1.97. The van der Waals surface area contributed by atoms with Crippen molar-refractivity contribution in [1.29, 1.82) is 0 Å². The highest BCUT2D eigenvalue weighted by Crippen LogP contribution is 2.29. The van der Waals surface area contributed by atoms with Crippen molar-refractivity contribution >= 4 is 23.5 Å². The van der Waals surface area contributed by atoms with Crippen molar-refractivity contribution in [2.24, 2.45) is 5.92 Å². The van der Waals surface area contributed by atoms with Crippen LogP contribution in [0.2, 0.25) is 0 Å². The van der Waals surface area contributed by atoms with E-state index in [1.54, 1.807) is 21.1 Å². The molecule has 0 aromatic carbocycles. The van der Waals surface area contributed by atoms with Gasteiger partial charge in [-0.15, -0.1) is 0 Å². The Bertz CT molecular complexity index is 853. The predicted molar refractivity (Wildman–Crippen MR) is 134 cm³/mol. The van der Waals surface area contributed by atoms with Gasteiger partial charge in [-0.25, -0.2) is 0 Å². The number of ketones is 1. The summed E-state index contributed by atoms with van der Waals surface area (Å²) in [4.78, 5) is 49.7. The molecule has 2 heterocycles. The molecule has 2 rings (SSSR count). The van der Waals surface area contributed by atoms with E-state index < -0.39 is 35.4 Å². The van der Waals surface area contributed by atoms with Gasteiger partial charge in [-0.1, -0.05) is 27.7 Å². The third-order valence-corrected chi connectivity index (χ3v) is 4.76. The van der Waals surface area contributed by atoms with Gasteiger partial charge in [-0.05, 0) is 24.4 Å². The van der Waals surface area contributed by atoms with E-state index in [-0.39, 0.29) is 36.5 Å².